The first-order valence-electron chi connectivity index (χ1n) is 6.32. The van der Waals surface area contributed by atoms with Gasteiger partial charge in [-0.2, -0.15) is 0 Å². The Hall–Kier alpha value is -1.26. The van der Waals surface area contributed by atoms with Crippen molar-refractivity contribution in [2.75, 3.05) is 20.3 Å². The van der Waals surface area contributed by atoms with Crippen molar-refractivity contribution in [3.05, 3.63) is 23.8 Å². The maximum Gasteiger partial charge on any atom is 0.162 e. The van der Waals surface area contributed by atoms with E-state index in [9.17, 15) is 5.11 Å². The number of methoxy groups -OCH3 is 1. The number of phenolic OH excluding ortho intramolecular Hbond substituents is 1. The molecule has 0 saturated carbocycles. The van der Waals surface area contributed by atoms with Crippen molar-refractivity contribution in [1.29, 1.82) is 0 Å². The van der Waals surface area contributed by atoms with Crippen molar-refractivity contribution in [2.24, 2.45) is 0 Å². The number of benzene rings is 1. The van der Waals surface area contributed by atoms with Gasteiger partial charge in [0.15, 0.2) is 11.5 Å². The first kappa shape index (κ1) is 13.2. The van der Waals surface area contributed by atoms with Gasteiger partial charge in [-0.05, 0) is 25.8 Å². The van der Waals surface area contributed by atoms with Crippen LogP contribution < -0.4 is 10.1 Å². The normalized spacial score (nSPS) is 23.9. The second kappa shape index (κ2) is 5.59. The third kappa shape index (κ3) is 2.94. The van der Waals surface area contributed by atoms with Crippen molar-refractivity contribution in [1.82, 2.24) is 5.32 Å². The van der Waals surface area contributed by atoms with E-state index in [2.05, 4.69) is 12.2 Å². The second-order valence-electron chi connectivity index (χ2n) is 5.04. The first-order valence-corrected chi connectivity index (χ1v) is 6.32. The molecule has 1 unspecified atom stereocenters. The zero-order chi connectivity index (χ0) is 13.0. The molecule has 2 rings (SSSR count). The Morgan fingerprint density at radius 3 is 3.00 bits per heavy atom. The molecule has 0 radical (unpaired) electrons. The second-order valence-corrected chi connectivity index (χ2v) is 5.04. The van der Waals surface area contributed by atoms with Gasteiger partial charge < -0.3 is 19.9 Å². The molecule has 0 spiro atoms. The number of para-hydroxylation sites is 1. The molecular formula is C14H21NO3. The summed E-state index contributed by atoms with van der Waals surface area (Å²) in [6, 6.07) is 5.54. The van der Waals surface area contributed by atoms with Crippen LogP contribution in [-0.4, -0.2) is 31.0 Å². The number of ether oxygens (including phenoxy) is 2. The van der Waals surface area contributed by atoms with Crippen molar-refractivity contribution in [2.45, 2.75) is 31.8 Å². The van der Waals surface area contributed by atoms with Gasteiger partial charge in [-0.15, -0.1) is 0 Å². The van der Waals surface area contributed by atoms with Crippen LogP contribution in [0, 0.1) is 0 Å². The predicted octanol–water partition coefficient (Wildman–Crippen LogP) is 2.06. The summed E-state index contributed by atoms with van der Waals surface area (Å²) in [6.07, 6.45) is 2.17. The Bertz CT molecular complexity index is 400. The van der Waals surface area contributed by atoms with Crippen LogP contribution in [-0.2, 0) is 11.3 Å². The molecule has 1 heterocycles. The fourth-order valence-electron chi connectivity index (χ4n) is 2.26. The van der Waals surface area contributed by atoms with Crippen molar-refractivity contribution in [3.8, 4) is 11.5 Å². The molecule has 100 valence electrons. The summed E-state index contributed by atoms with van der Waals surface area (Å²) < 4.78 is 10.6. The summed E-state index contributed by atoms with van der Waals surface area (Å²) in [5, 5.41) is 13.5. The molecule has 0 bridgehead atoms. The van der Waals surface area contributed by atoms with E-state index in [4.69, 9.17) is 9.47 Å². The Balaban J connectivity index is 2.01. The smallest absolute Gasteiger partial charge is 0.162 e. The minimum Gasteiger partial charge on any atom is -0.504 e. The lowest BCUT2D eigenvalue weighted by atomic mass is 9.94. The standard InChI is InChI=1S/C14H21NO3/c1-14(7-4-8-18-10-14)15-9-11-5-3-6-12(17-2)13(11)16/h3,5-6,15-16H,4,7-10H2,1-2H3. The predicted molar refractivity (Wildman–Crippen MR) is 70.0 cm³/mol. The highest BCUT2D eigenvalue weighted by atomic mass is 16.5. The number of phenols is 1. The van der Waals surface area contributed by atoms with Gasteiger partial charge in [0.1, 0.15) is 0 Å². The van der Waals surface area contributed by atoms with Crippen LogP contribution in [0.5, 0.6) is 11.5 Å². The molecule has 4 heteroatoms. The molecule has 1 aromatic rings. The largest absolute Gasteiger partial charge is 0.504 e. The van der Waals surface area contributed by atoms with Crippen molar-refractivity contribution >= 4 is 0 Å². The van der Waals surface area contributed by atoms with E-state index in [1.807, 2.05) is 12.1 Å². The minimum absolute atomic E-state index is 0.00618. The van der Waals surface area contributed by atoms with Gasteiger partial charge in [0.2, 0.25) is 0 Å². The number of hydrogen-bond donors (Lipinski definition) is 2. The molecule has 1 saturated heterocycles. The van der Waals surface area contributed by atoms with Gasteiger partial charge in [0.25, 0.3) is 0 Å². The van der Waals surface area contributed by atoms with Crippen molar-refractivity contribution in [3.63, 3.8) is 0 Å². The van der Waals surface area contributed by atoms with Gasteiger partial charge in [-0.1, -0.05) is 12.1 Å². The fourth-order valence-corrected chi connectivity index (χ4v) is 2.26. The molecule has 0 aromatic heterocycles. The lowest BCUT2D eigenvalue weighted by molar-refractivity contribution is 0.0277. The Labute approximate surface area is 108 Å². The molecule has 18 heavy (non-hydrogen) atoms. The number of nitrogens with one attached hydrogen (secondary N) is 1. The monoisotopic (exact) mass is 251 g/mol. The average Bonchev–Trinajstić information content (AvgIpc) is 2.38. The number of aromatic hydroxyl groups is 1. The lowest BCUT2D eigenvalue weighted by Gasteiger charge is -2.34. The third-order valence-electron chi connectivity index (χ3n) is 3.45. The summed E-state index contributed by atoms with van der Waals surface area (Å²) in [7, 11) is 1.56. The van der Waals surface area contributed by atoms with Crippen LogP contribution in [0.25, 0.3) is 0 Å². The van der Waals surface area contributed by atoms with E-state index in [-0.39, 0.29) is 11.3 Å². The molecule has 2 N–H and O–H groups in total. The number of hydrogen-bond acceptors (Lipinski definition) is 4. The highest BCUT2D eigenvalue weighted by Crippen LogP contribution is 2.30. The first-order chi connectivity index (χ1) is 8.64. The average molecular weight is 251 g/mol. The zero-order valence-electron chi connectivity index (χ0n) is 11.0. The van der Waals surface area contributed by atoms with Crippen LogP contribution in [0.3, 0.4) is 0 Å². The van der Waals surface area contributed by atoms with Gasteiger partial charge >= 0.3 is 0 Å². The topological polar surface area (TPSA) is 50.7 Å². The van der Waals surface area contributed by atoms with Crippen molar-refractivity contribution < 1.29 is 14.6 Å². The summed E-state index contributed by atoms with van der Waals surface area (Å²) in [6.45, 7) is 4.34. The van der Waals surface area contributed by atoms with Crippen LogP contribution in [0.4, 0.5) is 0 Å². The molecule has 4 nitrogen and oxygen atoms in total. The van der Waals surface area contributed by atoms with Crippen LogP contribution in [0.1, 0.15) is 25.3 Å². The maximum absolute atomic E-state index is 10.0. The Kier molecular flexibility index (Phi) is 4.09. The van der Waals surface area contributed by atoms with Crippen LogP contribution in [0.2, 0.25) is 0 Å². The molecule has 0 amide bonds. The van der Waals surface area contributed by atoms with Gasteiger partial charge in [-0.3, -0.25) is 0 Å². The van der Waals surface area contributed by atoms with Gasteiger partial charge in [-0.25, -0.2) is 0 Å². The molecule has 1 aromatic carbocycles. The van der Waals surface area contributed by atoms with Gasteiger partial charge in [0.05, 0.1) is 13.7 Å². The van der Waals surface area contributed by atoms with E-state index in [1.165, 1.54) is 0 Å². The summed E-state index contributed by atoms with van der Waals surface area (Å²) >= 11 is 0. The third-order valence-corrected chi connectivity index (χ3v) is 3.45. The molecule has 1 aliphatic heterocycles. The lowest BCUT2D eigenvalue weighted by Crippen LogP contribution is -2.48. The molecule has 0 aliphatic carbocycles. The summed E-state index contributed by atoms with van der Waals surface area (Å²) in [4.78, 5) is 0. The number of rotatable bonds is 4. The van der Waals surface area contributed by atoms with E-state index in [1.54, 1.807) is 13.2 Å². The minimum atomic E-state index is -0.00618. The zero-order valence-corrected chi connectivity index (χ0v) is 11.0. The molecule has 1 aliphatic rings. The van der Waals surface area contributed by atoms with E-state index in [0.29, 0.717) is 12.3 Å². The van der Waals surface area contributed by atoms with E-state index in [0.717, 1.165) is 31.6 Å². The highest BCUT2D eigenvalue weighted by molar-refractivity contribution is 5.45. The van der Waals surface area contributed by atoms with Crippen LogP contribution in [0.15, 0.2) is 18.2 Å². The summed E-state index contributed by atoms with van der Waals surface area (Å²) in [5.41, 5.74) is 0.842. The molecular weight excluding hydrogens is 230 g/mol. The Morgan fingerprint density at radius 1 is 1.50 bits per heavy atom. The van der Waals surface area contributed by atoms with Crippen LogP contribution >= 0.6 is 0 Å². The molecule has 1 atom stereocenters. The summed E-state index contributed by atoms with van der Waals surface area (Å²) in [5.74, 6) is 0.729. The molecule has 1 fully saturated rings. The Morgan fingerprint density at radius 2 is 2.33 bits per heavy atom. The fraction of sp³-hybridized carbons (Fsp3) is 0.571. The maximum atomic E-state index is 10.0. The van der Waals surface area contributed by atoms with E-state index < -0.39 is 0 Å². The highest BCUT2D eigenvalue weighted by Gasteiger charge is 2.27. The van der Waals surface area contributed by atoms with Gasteiger partial charge in [0, 0.05) is 24.3 Å². The SMILES string of the molecule is COc1cccc(CNC2(C)CCCOC2)c1O. The quantitative estimate of drug-likeness (QED) is 0.860. The van der Waals surface area contributed by atoms with E-state index >= 15 is 0 Å².